The Morgan fingerprint density at radius 3 is 1.87 bits per heavy atom. The Balaban J connectivity index is 0. The molecule has 23 heavy (non-hydrogen) atoms. The van der Waals surface area contributed by atoms with Crippen LogP contribution in [-0.4, -0.2) is 11.1 Å². The topological polar surface area (TPSA) is 37.3 Å². The molecule has 0 aliphatic heterocycles. The molecule has 1 N–H and O–H groups in total. The molecule has 0 fully saturated rings. The Kier molecular flexibility index (Phi) is 15.3. The number of carboxylic acid groups (broad SMARTS) is 1. The number of hydrogen-bond donors (Lipinski definition) is 1. The second-order valence-electron chi connectivity index (χ2n) is 6.74. The van der Waals surface area contributed by atoms with Crippen molar-refractivity contribution in [2.75, 3.05) is 0 Å². The molecule has 0 aromatic carbocycles. The van der Waals surface area contributed by atoms with Gasteiger partial charge in [0.2, 0.25) is 0 Å². The summed E-state index contributed by atoms with van der Waals surface area (Å²) in [6, 6.07) is 0. The fourth-order valence-electron chi connectivity index (χ4n) is 2.35. The standard InChI is InChI=1S/C20H34O2.ClH/c1-16(2)9-6-10-17(3)11-7-12-18(4)13-8-14-19(5)15-20(21)22;/h9,11,13,19H,6-8,10,12,14-15H2,1-5H3,(H,21,22);1H. The van der Waals surface area contributed by atoms with Crippen molar-refractivity contribution in [3.05, 3.63) is 34.9 Å². The first kappa shape index (κ1) is 24.2. The summed E-state index contributed by atoms with van der Waals surface area (Å²) >= 11 is 0. The molecular formula is C20H35ClO2. The summed E-state index contributed by atoms with van der Waals surface area (Å²) in [6.07, 6.45) is 13.6. The van der Waals surface area contributed by atoms with E-state index >= 15 is 0 Å². The van der Waals surface area contributed by atoms with Crippen molar-refractivity contribution in [2.24, 2.45) is 5.92 Å². The van der Waals surface area contributed by atoms with Crippen LogP contribution in [0.1, 0.15) is 79.6 Å². The molecule has 0 saturated carbocycles. The summed E-state index contributed by atoms with van der Waals surface area (Å²) in [7, 11) is 0. The van der Waals surface area contributed by atoms with E-state index in [0.29, 0.717) is 0 Å². The highest BCUT2D eigenvalue weighted by molar-refractivity contribution is 5.85. The summed E-state index contributed by atoms with van der Waals surface area (Å²) < 4.78 is 0. The summed E-state index contributed by atoms with van der Waals surface area (Å²) in [6.45, 7) is 10.7. The van der Waals surface area contributed by atoms with Crippen molar-refractivity contribution in [3.63, 3.8) is 0 Å². The van der Waals surface area contributed by atoms with Gasteiger partial charge in [-0.3, -0.25) is 4.79 Å². The highest BCUT2D eigenvalue weighted by Crippen LogP contribution is 2.15. The van der Waals surface area contributed by atoms with Crippen LogP contribution in [0.25, 0.3) is 0 Å². The normalized spacial score (nSPS) is 13.3. The van der Waals surface area contributed by atoms with Gasteiger partial charge in [-0.1, -0.05) is 41.9 Å². The zero-order chi connectivity index (χ0) is 17.0. The molecule has 0 amide bonds. The van der Waals surface area contributed by atoms with Crippen LogP contribution in [0.3, 0.4) is 0 Å². The number of halogens is 1. The van der Waals surface area contributed by atoms with Crippen molar-refractivity contribution in [2.45, 2.75) is 79.6 Å². The fourth-order valence-corrected chi connectivity index (χ4v) is 2.35. The van der Waals surface area contributed by atoms with Crippen molar-refractivity contribution in [1.82, 2.24) is 0 Å². The molecular weight excluding hydrogens is 308 g/mol. The average molecular weight is 343 g/mol. The minimum Gasteiger partial charge on any atom is -0.481 e. The molecule has 0 saturated heterocycles. The van der Waals surface area contributed by atoms with Gasteiger partial charge < -0.3 is 5.11 Å². The van der Waals surface area contributed by atoms with E-state index < -0.39 is 5.97 Å². The van der Waals surface area contributed by atoms with E-state index in [4.69, 9.17) is 5.11 Å². The Morgan fingerprint density at radius 1 is 0.913 bits per heavy atom. The average Bonchev–Trinajstić information content (AvgIpc) is 2.37. The summed E-state index contributed by atoms with van der Waals surface area (Å²) in [5, 5.41) is 8.73. The molecule has 1 atom stereocenters. The third-order valence-electron chi connectivity index (χ3n) is 3.80. The Morgan fingerprint density at radius 2 is 1.39 bits per heavy atom. The molecule has 0 spiro atoms. The Bertz CT molecular complexity index is 415. The molecule has 134 valence electrons. The number of carbonyl (C=O) groups is 1. The van der Waals surface area contributed by atoms with E-state index in [1.807, 2.05) is 6.92 Å². The molecule has 0 aliphatic rings. The maximum absolute atomic E-state index is 10.6. The molecule has 1 unspecified atom stereocenters. The van der Waals surface area contributed by atoms with E-state index in [2.05, 4.69) is 45.9 Å². The number of allylic oxidation sites excluding steroid dienone is 6. The van der Waals surface area contributed by atoms with E-state index in [0.717, 1.165) is 38.5 Å². The largest absolute Gasteiger partial charge is 0.481 e. The first-order valence-electron chi connectivity index (χ1n) is 8.47. The maximum atomic E-state index is 10.6. The van der Waals surface area contributed by atoms with Gasteiger partial charge in [-0.25, -0.2) is 0 Å². The quantitative estimate of drug-likeness (QED) is 0.423. The van der Waals surface area contributed by atoms with Gasteiger partial charge in [-0.15, -0.1) is 12.4 Å². The molecule has 2 nitrogen and oxygen atoms in total. The van der Waals surface area contributed by atoms with Crippen LogP contribution >= 0.6 is 12.4 Å². The molecule has 0 bridgehead atoms. The Labute approximate surface area is 149 Å². The molecule has 0 heterocycles. The molecule has 0 radical (unpaired) electrons. The van der Waals surface area contributed by atoms with Crippen molar-refractivity contribution in [3.8, 4) is 0 Å². The van der Waals surface area contributed by atoms with Crippen LogP contribution < -0.4 is 0 Å². The Hall–Kier alpha value is -1.02. The smallest absolute Gasteiger partial charge is 0.303 e. The minimum absolute atomic E-state index is 0. The second-order valence-corrected chi connectivity index (χ2v) is 6.74. The third kappa shape index (κ3) is 17.2. The number of hydrogen-bond acceptors (Lipinski definition) is 1. The van der Waals surface area contributed by atoms with Crippen LogP contribution in [0, 0.1) is 5.92 Å². The maximum Gasteiger partial charge on any atom is 0.303 e. The predicted octanol–water partition coefficient (Wildman–Crippen LogP) is 6.72. The number of carboxylic acids is 1. The number of rotatable bonds is 11. The summed E-state index contributed by atoms with van der Waals surface area (Å²) in [5.74, 6) is -0.430. The summed E-state index contributed by atoms with van der Waals surface area (Å²) in [5.41, 5.74) is 4.28. The lowest BCUT2D eigenvalue weighted by atomic mass is 10.00. The van der Waals surface area contributed by atoms with Gasteiger partial charge in [0.1, 0.15) is 0 Å². The molecule has 0 aliphatic carbocycles. The van der Waals surface area contributed by atoms with E-state index in [1.54, 1.807) is 0 Å². The SMILES string of the molecule is CC(C)=CCCC(C)=CCCC(C)=CCCC(C)CC(=O)O.Cl. The highest BCUT2D eigenvalue weighted by Gasteiger charge is 2.05. The van der Waals surface area contributed by atoms with Crippen molar-refractivity contribution in [1.29, 1.82) is 0 Å². The predicted molar refractivity (Wildman–Crippen MR) is 103 cm³/mol. The van der Waals surface area contributed by atoms with Crippen LogP contribution in [0.5, 0.6) is 0 Å². The highest BCUT2D eigenvalue weighted by atomic mass is 35.5. The van der Waals surface area contributed by atoms with E-state index in [1.165, 1.54) is 16.7 Å². The van der Waals surface area contributed by atoms with Crippen LogP contribution in [0.2, 0.25) is 0 Å². The zero-order valence-electron chi connectivity index (χ0n) is 15.5. The van der Waals surface area contributed by atoms with Gasteiger partial charge in [0.25, 0.3) is 0 Å². The molecule has 0 rings (SSSR count). The lowest BCUT2D eigenvalue weighted by Crippen LogP contribution is -2.03. The van der Waals surface area contributed by atoms with E-state index in [9.17, 15) is 4.79 Å². The fraction of sp³-hybridized carbons (Fsp3) is 0.650. The lowest BCUT2D eigenvalue weighted by Gasteiger charge is -2.06. The van der Waals surface area contributed by atoms with Gasteiger partial charge in [-0.05, 0) is 72.1 Å². The number of aliphatic carboxylic acids is 1. The van der Waals surface area contributed by atoms with Crippen molar-refractivity contribution >= 4 is 18.4 Å². The molecule has 3 heteroatoms. The first-order valence-corrected chi connectivity index (χ1v) is 8.47. The van der Waals surface area contributed by atoms with Gasteiger partial charge in [0.15, 0.2) is 0 Å². The minimum atomic E-state index is -0.693. The molecule has 0 aromatic rings. The third-order valence-corrected chi connectivity index (χ3v) is 3.80. The van der Waals surface area contributed by atoms with Crippen molar-refractivity contribution < 1.29 is 9.90 Å². The van der Waals surface area contributed by atoms with Gasteiger partial charge in [-0.2, -0.15) is 0 Å². The second kappa shape index (κ2) is 14.6. The van der Waals surface area contributed by atoms with Crippen LogP contribution in [-0.2, 0) is 4.79 Å². The van der Waals surface area contributed by atoms with Gasteiger partial charge in [0.05, 0.1) is 0 Å². The summed E-state index contributed by atoms with van der Waals surface area (Å²) in [4.78, 5) is 10.6. The first-order chi connectivity index (χ1) is 10.3. The zero-order valence-corrected chi connectivity index (χ0v) is 16.3. The molecule has 0 aromatic heterocycles. The lowest BCUT2D eigenvalue weighted by molar-refractivity contribution is -0.138. The van der Waals surface area contributed by atoms with Gasteiger partial charge >= 0.3 is 5.97 Å². The van der Waals surface area contributed by atoms with Crippen LogP contribution in [0.4, 0.5) is 0 Å². The van der Waals surface area contributed by atoms with Crippen LogP contribution in [0.15, 0.2) is 34.9 Å². The van der Waals surface area contributed by atoms with Gasteiger partial charge in [0, 0.05) is 6.42 Å². The monoisotopic (exact) mass is 342 g/mol. The van der Waals surface area contributed by atoms with E-state index in [-0.39, 0.29) is 24.7 Å².